The Morgan fingerprint density at radius 1 is 1.00 bits per heavy atom. The zero-order valence-corrected chi connectivity index (χ0v) is 26.9. The van der Waals surface area contributed by atoms with Crippen LogP contribution < -0.4 is 21.1 Å². The number of carbonyl (C=O) groups excluding carboxylic acids is 3. The molecule has 2 rings (SSSR count). The van der Waals surface area contributed by atoms with E-state index in [1.54, 1.807) is 12.1 Å². The zero-order chi connectivity index (χ0) is 24.7. The number of carbonyl (C=O) groups is 3. The highest BCUT2D eigenvalue weighted by Gasteiger charge is 2.23. The van der Waals surface area contributed by atoms with Gasteiger partial charge >= 0.3 is 5.97 Å². The van der Waals surface area contributed by atoms with Gasteiger partial charge in [0, 0.05) is 6.42 Å². The third-order valence-corrected chi connectivity index (χ3v) is 7.41. The highest BCUT2D eigenvalue weighted by molar-refractivity contribution is 14.1. The summed E-state index contributed by atoms with van der Waals surface area (Å²) in [5.74, 6) is -0.177. The van der Waals surface area contributed by atoms with Crippen LogP contribution in [0.2, 0.25) is 0 Å². The number of phenolic OH excluding ortho intramolecular Hbond substituents is 1. The summed E-state index contributed by atoms with van der Waals surface area (Å²) >= 11 is 8.36. The molecule has 0 fully saturated rings. The fraction of sp³-hybridized carbons (Fsp3) is 0.250. The van der Waals surface area contributed by atoms with Gasteiger partial charge in [-0.25, -0.2) is 4.79 Å². The van der Waals surface area contributed by atoms with Crippen LogP contribution in [-0.2, 0) is 25.5 Å². The molecule has 0 aliphatic rings. The largest absolute Gasteiger partial charge is 0.506 e. The Hall–Kier alpha value is -0.380. The van der Waals surface area contributed by atoms with Gasteiger partial charge in [0.2, 0.25) is 11.8 Å². The summed E-state index contributed by atoms with van der Waals surface area (Å²) in [6.07, 6.45) is 0.185. The van der Waals surface area contributed by atoms with Gasteiger partial charge in [-0.2, -0.15) is 0 Å². The summed E-state index contributed by atoms with van der Waals surface area (Å²) in [6, 6.07) is 6.25. The minimum absolute atomic E-state index is 0. The number of esters is 1. The maximum atomic E-state index is 12.2. The SMILES string of the molecule is COC(=O)[C@H](Cc1cc(I)c(Oc2cc(I)c(O)c(I)c2)c(I)c1)NC(=O)CNC(=O)CN.Cl. The molecule has 2 aromatic carbocycles. The second-order valence-electron chi connectivity index (χ2n) is 6.55. The van der Waals surface area contributed by atoms with E-state index in [4.69, 9.17) is 15.2 Å². The Labute approximate surface area is 257 Å². The number of phenols is 1. The van der Waals surface area contributed by atoms with Crippen molar-refractivity contribution in [3.05, 3.63) is 44.1 Å². The van der Waals surface area contributed by atoms with E-state index in [0.717, 1.165) is 12.7 Å². The first-order chi connectivity index (χ1) is 15.5. The Kier molecular flexibility index (Phi) is 14.0. The number of aromatic hydroxyl groups is 1. The smallest absolute Gasteiger partial charge is 0.328 e. The van der Waals surface area contributed by atoms with Crippen molar-refractivity contribution in [2.75, 3.05) is 20.2 Å². The maximum absolute atomic E-state index is 12.2. The van der Waals surface area contributed by atoms with Crippen LogP contribution in [0.15, 0.2) is 24.3 Å². The monoisotopic (exact) mass is 941 g/mol. The van der Waals surface area contributed by atoms with Gasteiger partial charge in [0.05, 0.1) is 34.5 Å². The maximum Gasteiger partial charge on any atom is 0.328 e. The van der Waals surface area contributed by atoms with E-state index in [1.165, 1.54) is 7.11 Å². The number of methoxy groups -OCH3 is 1. The minimum Gasteiger partial charge on any atom is -0.506 e. The Morgan fingerprint density at radius 3 is 2.06 bits per heavy atom. The van der Waals surface area contributed by atoms with E-state index in [2.05, 4.69) is 55.8 Å². The van der Waals surface area contributed by atoms with Crippen LogP contribution in [-0.4, -0.2) is 49.1 Å². The topological polar surface area (TPSA) is 140 Å². The Morgan fingerprint density at radius 2 is 1.56 bits per heavy atom. The van der Waals surface area contributed by atoms with Gasteiger partial charge < -0.3 is 30.9 Å². The third kappa shape index (κ3) is 9.25. The lowest BCUT2D eigenvalue weighted by Gasteiger charge is -2.18. The molecule has 0 aliphatic heterocycles. The molecule has 0 saturated heterocycles. The van der Waals surface area contributed by atoms with Gasteiger partial charge in [-0.15, -0.1) is 12.4 Å². The van der Waals surface area contributed by atoms with Gasteiger partial charge in [0.1, 0.15) is 17.5 Å². The van der Waals surface area contributed by atoms with Gasteiger partial charge in [-0.1, -0.05) is 0 Å². The van der Waals surface area contributed by atoms with E-state index in [1.807, 2.05) is 57.3 Å². The van der Waals surface area contributed by atoms with Crippen LogP contribution in [0.3, 0.4) is 0 Å². The van der Waals surface area contributed by atoms with E-state index in [0.29, 0.717) is 18.6 Å². The third-order valence-electron chi connectivity index (χ3n) is 4.16. The predicted octanol–water partition coefficient (Wildman–Crippen LogP) is 3.30. The molecular weight excluding hydrogens is 921 g/mol. The van der Waals surface area contributed by atoms with Crippen LogP contribution in [0.5, 0.6) is 17.2 Å². The molecule has 0 aromatic heterocycles. The molecule has 2 amide bonds. The standard InChI is InChI=1S/C20H19I4N3O6.ClH/c1-32-20(31)15(27-17(29)8-26-16(28)7-25)4-9-2-13(23)19(14(24)3-9)33-10-5-11(21)18(30)12(22)6-10;/h2-3,5-6,15,30H,4,7-8,25H2,1H3,(H,26,28)(H,27,29);1H/t15-;/m0./s1. The molecular formula is C20H20ClI4N3O6. The number of hydrogen-bond donors (Lipinski definition) is 4. The van der Waals surface area contributed by atoms with E-state index >= 15 is 0 Å². The minimum atomic E-state index is -0.934. The fourth-order valence-corrected chi connectivity index (χ4v) is 6.44. The number of benzene rings is 2. The quantitative estimate of drug-likeness (QED) is 0.224. The second kappa shape index (κ2) is 15.0. The molecule has 2 aromatic rings. The lowest BCUT2D eigenvalue weighted by molar-refractivity contribution is -0.145. The molecule has 0 radical (unpaired) electrons. The fourth-order valence-electron chi connectivity index (χ4n) is 2.61. The zero-order valence-electron chi connectivity index (χ0n) is 17.5. The van der Waals surface area contributed by atoms with Gasteiger partial charge in [0.15, 0.2) is 5.75 Å². The molecule has 34 heavy (non-hydrogen) atoms. The molecule has 9 nitrogen and oxygen atoms in total. The average molecular weight is 941 g/mol. The molecule has 0 spiro atoms. The van der Waals surface area contributed by atoms with Crippen molar-refractivity contribution in [1.29, 1.82) is 0 Å². The highest BCUT2D eigenvalue weighted by Crippen LogP contribution is 2.37. The second-order valence-corrected chi connectivity index (χ2v) is 11.2. The molecule has 0 unspecified atom stereocenters. The molecule has 186 valence electrons. The normalized spacial score (nSPS) is 11.1. The van der Waals surface area contributed by atoms with Crippen molar-refractivity contribution >= 4 is 121 Å². The summed E-state index contributed by atoms with van der Waals surface area (Å²) < 4.78 is 13.8. The van der Waals surface area contributed by atoms with Crippen LogP contribution in [0.1, 0.15) is 5.56 Å². The number of ether oxygens (including phenoxy) is 2. The number of nitrogens with one attached hydrogen (secondary N) is 2. The predicted molar refractivity (Wildman–Crippen MR) is 162 cm³/mol. The first-order valence-electron chi connectivity index (χ1n) is 9.23. The molecule has 0 saturated carbocycles. The van der Waals surface area contributed by atoms with Crippen molar-refractivity contribution in [2.45, 2.75) is 12.5 Å². The lowest BCUT2D eigenvalue weighted by Crippen LogP contribution is -2.47. The van der Waals surface area contributed by atoms with Crippen LogP contribution in [0, 0.1) is 14.3 Å². The van der Waals surface area contributed by atoms with Gasteiger partial charge in [0.25, 0.3) is 0 Å². The highest BCUT2D eigenvalue weighted by atomic mass is 127. The number of nitrogens with two attached hydrogens (primary N) is 1. The Bertz CT molecular complexity index is 1030. The van der Waals surface area contributed by atoms with Gasteiger partial charge in [-0.05, 0) is 120 Å². The number of halogens is 5. The van der Waals surface area contributed by atoms with Crippen LogP contribution in [0.25, 0.3) is 0 Å². The van der Waals surface area contributed by atoms with E-state index in [-0.39, 0.29) is 37.7 Å². The van der Waals surface area contributed by atoms with E-state index < -0.39 is 23.8 Å². The van der Waals surface area contributed by atoms with Crippen molar-refractivity contribution in [3.63, 3.8) is 0 Å². The molecule has 0 aliphatic carbocycles. The number of hydrogen-bond acceptors (Lipinski definition) is 7. The molecule has 0 heterocycles. The molecule has 14 heteroatoms. The molecule has 5 N–H and O–H groups in total. The summed E-state index contributed by atoms with van der Waals surface area (Å²) in [6.45, 7) is -0.531. The van der Waals surface area contributed by atoms with Crippen molar-refractivity contribution in [1.82, 2.24) is 10.6 Å². The number of amides is 2. The first-order valence-corrected chi connectivity index (χ1v) is 13.5. The van der Waals surface area contributed by atoms with Crippen molar-refractivity contribution in [3.8, 4) is 17.2 Å². The van der Waals surface area contributed by atoms with Crippen LogP contribution in [0.4, 0.5) is 0 Å². The summed E-state index contributed by atoms with van der Waals surface area (Å²) in [7, 11) is 1.24. The van der Waals surface area contributed by atoms with Crippen LogP contribution >= 0.6 is 103 Å². The number of rotatable bonds is 9. The van der Waals surface area contributed by atoms with Gasteiger partial charge in [-0.3, -0.25) is 9.59 Å². The van der Waals surface area contributed by atoms with Crippen molar-refractivity contribution in [2.24, 2.45) is 5.73 Å². The lowest BCUT2D eigenvalue weighted by atomic mass is 10.1. The average Bonchev–Trinajstić information content (AvgIpc) is 2.77. The summed E-state index contributed by atoms with van der Waals surface area (Å²) in [5, 5.41) is 14.9. The Balaban J connectivity index is 0.00000578. The summed E-state index contributed by atoms with van der Waals surface area (Å²) in [4.78, 5) is 35.6. The molecule has 0 bridgehead atoms. The van der Waals surface area contributed by atoms with Crippen molar-refractivity contribution < 1.29 is 29.0 Å². The van der Waals surface area contributed by atoms with E-state index in [9.17, 15) is 19.5 Å². The first kappa shape index (κ1) is 31.6. The molecule has 1 atom stereocenters. The summed E-state index contributed by atoms with van der Waals surface area (Å²) in [5.41, 5.74) is 5.99.